The van der Waals surface area contributed by atoms with Crippen LogP contribution in [0.25, 0.3) is 0 Å². The summed E-state index contributed by atoms with van der Waals surface area (Å²) in [5.74, 6) is 0. The molecule has 1 rings (SSSR count). The number of carbonyl (C=O) groups is 1. The number of nitrogens with two attached hydrogens (primary N) is 1. The summed E-state index contributed by atoms with van der Waals surface area (Å²) >= 11 is 0. The van der Waals surface area contributed by atoms with Gasteiger partial charge >= 0.3 is 6.09 Å². The number of nitrogens with zero attached hydrogens (tertiary/aromatic N) is 1. The van der Waals surface area contributed by atoms with Crippen LogP contribution in [0.1, 0.15) is 38.9 Å². The summed E-state index contributed by atoms with van der Waals surface area (Å²) in [6, 6.07) is 1.55. The van der Waals surface area contributed by atoms with Gasteiger partial charge in [-0.15, -0.1) is 0 Å². The van der Waals surface area contributed by atoms with Gasteiger partial charge in [-0.25, -0.2) is 4.79 Å². The fourth-order valence-corrected chi connectivity index (χ4v) is 1.69. The Labute approximate surface area is 124 Å². The van der Waals surface area contributed by atoms with E-state index in [0.717, 1.165) is 0 Å². The molecule has 0 fully saturated rings. The van der Waals surface area contributed by atoms with Crippen LogP contribution >= 0.6 is 0 Å². The first-order chi connectivity index (χ1) is 9.70. The number of rotatable bonds is 5. The lowest BCUT2D eigenvalue weighted by Gasteiger charge is -2.21. The molecular weight excluding hydrogens is 274 g/mol. The molecule has 118 valence electrons. The van der Waals surface area contributed by atoms with Crippen molar-refractivity contribution in [3.63, 3.8) is 0 Å². The first-order valence-electron chi connectivity index (χ1n) is 6.73. The van der Waals surface area contributed by atoms with Gasteiger partial charge in [-0.05, 0) is 33.3 Å². The van der Waals surface area contributed by atoms with E-state index in [2.05, 4.69) is 10.3 Å². The summed E-state index contributed by atoms with van der Waals surface area (Å²) in [5.41, 5.74) is 5.83. The number of nitrogen functional groups attached to an aromatic ring is 1. The van der Waals surface area contributed by atoms with Crippen LogP contribution in [0.5, 0.6) is 0 Å². The van der Waals surface area contributed by atoms with Crippen molar-refractivity contribution in [3.8, 4) is 0 Å². The molecule has 2 unspecified atom stereocenters. The number of ether oxygens (including phenoxy) is 1. The zero-order valence-corrected chi connectivity index (χ0v) is 12.5. The van der Waals surface area contributed by atoms with Crippen molar-refractivity contribution >= 4 is 11.8 Å². The third-order valence-corrected chi connectivity index (χ3v) is 2.68. The van der Waals surface area contributed by atoms with Crippen LogP contribution in [0.2, 0.25) is 0 Å². The Balaban J connectivity index is 2.42. The van der Waals surface area contributed by atoms with Crippen LogP contribution < -0.4 is 11.1 Å². The van der Waals surface area contributed by atoms with Crippen molar-refractivity contribution in [1.29, 1.82) is 0 Å². The summed E-state index contributed by atoms with van der Waals surface area (Å²) in [6.45, 7) is 5.46. The second-order valence-electron chi connectivity index (χ2n) is 5.73. The molecule has 1 amide bonds. The maximum absolute atomic E-state index is 11.4. The van der Waals surface area contributed by atoms with Crippen LogP contribution in [0.15, 0.2) is 18.5 Å². The molecule has 7 heteroatoms. The topological polar surface area (TPSA) is 118 Å². The van der Waals surface area contributed by atoms with Crippen molar-refractivity contribution in [2.45, 2.75) is 45.0 Å². The highest BCUT2D eigenvalue weighted by Gasteiger charge is 2.21. The highest BCUT2D eigenvalue weighted by atomic mass is 16.6. The minimum Gasteiger partial charge on any atom is -0.444 e. The predicted octanol–water partition coefficient (Wildman–Crippen LogP) is 0.973. The number of aromatic nitrogens is 1. The molecule has 0 aliphatic rings. The van der Waals surface area contributed by atoms with Gasteiger partial charge in [-0.2, -0.15) is 0 Å². The zero-order valence-electron chi connectivity index (χ0n) is 12.5. The predicted molar refractivity (Wildman–Crippen MR) is 78.5 cm³/mol. The van der Waals surface area contributed by atoms with Crippen LogP contribution in [0.3, 0.4) is 0 Å². The molecule has 0 saturated heterocycles. The minimum atomic E-state index is -1.13. The maximum atomic E-state index is 11.4. The molecule has 0 aliphatic carbocycles. The molecule has 1 aromatic heterocycles. The molecule has 0 bridgehead atoms. The zero-order chi connectivity index (χ0) is 16.0. The number of anilines is 1. The summed E-state index contributed by atoms with van der Waals surface area (Å²) in [4.78, 5) is 15.2. The van der Waals surface area contributed by atoms with Gasteiger partial charge in [0.05, 0.1) is 18.0 Å². The summed E-state index contributed by atoms with van der Waals surface area (Å²) in [5, 5.41) is 22.5. The molecule has 1 heterocycles. The normalized spacial score (nSPS) is 14.3. The van der Waals surface area contributed by atoms with Crippen LogP contribution in [0.4, 0.5) is 10.5 Å². The van der Waals surface area contributed by atoms with E-state index in [1.165, 1.54) is 12.4 Å². The van der Waals surface area contributed by atoms with Gasteiger partial charge in [0.15, 0.2) is 0 Å². The summed E-state index contributed by atoms with van der Waals surface area (Å²) in [6.07, 6.45) is 0.318. The third-order valence-electron chi connectivity index (χ3n) is 2.68. The van der Waals surface area contributed by atoms with E-state index in [-0.39, 0.29) is 13.0 Å². The lowest BCUT2D eigenvalue weighted by atomic mass is 10.0. The lowest BCUT2D eigenvalue weighted by Crippen LogP contribution is -2.34. The molecule has 7 nitrogen and oxygen atoms in total. The van der Waals surface area contributed by atoms with Crippen LogP contribution in [0, 0.1) is 0 Å². The standard InChI is InChI=1S/C14H23N3O4/c1-14(2,3)21-13(20)17-7-5-11(18)12(19)9-4-6-16-8-10(9)15/h4,6,8,11-12,18-19H,5,7,15H2,1-3H3,(H,17,20). The molecule has 0 radical (unpaired) electrons. The van der Waals surface area contributed by atoms with E-state index in [9.17, 15) is 15.0 Å². The Morgan fingerprint density at radius 2 is 2.14 bits per heavy atom. The van der Waals surface area contributed by atoms with E-state index >= 15 is 0 Å². The van der Waals surface area contributed by atoms with E-state index in [0.29, 0.717) is 11.3 Å². The van der Waals surface area contributed by atoms with Gasteiger partial charge < -0.3 is 26.0 Å². The number of aliphatic hydroxyl groups excluding tert-OH is 2. The van der Waals surface area contributed by atoms with Crippen LogP contribution in [-0.2, 0) is 4.74 Å². The fourth-order valence-electron chi connectivity index (χ4n) is 1.69. The number of nitrogens with one attached hydrogen (secondary N) is 1. The molecule has 0 saturated carbocycles. The summed E-state index contributed by atoms with van der Waals surface area (Å²) in [7, 11) is 0. The number of pyridine rings is 1. The van der Waals surface area contributed by atoms with Crippen LogP contribution in [-0.4, -0.2) is 39.5 Å². The van der Waals surface area contributed by atoms with Crippen molar-refractivity contribution in [2.75, 3.05) is 12.3 Å². The van der Waals surface area contributed by atoms with E-state index in [4.69, 9.17) is 10.5 Å². The molecule has 0 aromatic carbocycles. The highest BCUT2D eigenvalue weighted by Crippen LogP contribution is 2.23. The Morgan fingerprint density at radius 3 is 2.71 bits per heavy atom. The number of amides is 1. The Bertz CT molecular complexity index is 474. The fraction of sp³-hybridized carbons (Fsp3) is 0.571. The van der Waals surface area contributed by atoms with Crippen molar-refractivity contribution in [3.05, 3.63) is 24.0 Å². The highest BCUT2D eigenvalue weighted by molar-refractivity contribution is 5.67. The number of aliphatic hydroxyl groups is 2. The molecule has 0 spiro atoms. The van der Waals surface area contributed by atoms with Crippen molar-refractivity contribution < 1.29 is 19.7 Å². The summed E-state index contributed by atoms with van der Waals surface area (Å²) < 4.78 is 5.06. The van der Waals surface area contributed by atoms with Gasteiger partial charge in [0.2, 0.25) is 0 Å². The van der Waals surface area contributed by atoms with Crippen molar-refractivity contribution in [1.82, 2.24) is 10.3 Å². The maximum Gasteiger partial charge on any atom is 0.407 e. The minimum absolute atomic E-state index is 0.169. The van der Waals surface area contributed by atoms with E-state index in [1.54, 1.807) is 26.8 Å². The largest absolute Gasteiger partial charge is 0.444 e. The molecule has 1 aromatic rings. The van der Waals surface area contributed by atoms with E-state index in [1.807, 2.05) is 0 Å². The second-order valence-corrected chi connectivity index (χ2v) is 5.73. The Kier molecular flexibility index (Phi) is 5.92. The van der Waals surface area contributed by atoms with E-state index < -0.39 is 23.9 Å². The third kappa shape index (κ3) is 5.97. The Morgan fingerprint density at radius 1 is 1.48 bits per heavy atom. The van der Waals surface area contributed by atoms with Gasteiger partial charge in [-0.1, -0.05) is 0 Å². The number of hydrogen-bond acceptors (Lipinski definition) is 6. The second kappa shape index (κ2) is 7.24. The molecule has 5 N–H and O–H groups in total. The number of alkyl carbamates (subject to hydrolysis) is 1. The van der Waals surface area contributed by atoms with Gasteiger partial charge in [0.1, 0.15) is 11.7 Å². The number of carbonyl (C=O) groups excluding carboxylic acids is 1. The van der Waals surface area contributed by atoms with Gasteiger partial charge in [-0.3, -0.25) is 4.98 Å². The van der Waals surface area contributed by atoms with Crippen molar-refractivity contribution in [2.24, 2.45) is 0 Å². The average molecular weight is 297 g/mol. The smallest absolute Gasteiger partial charge is 0.407 e. The molecule has 2 atom stereocenters. The SMILES string of the molecule is CC(C)(C)OC(=O)NCCC(O)C(O)c1ccncc1N. The number of hydrogen-bond donors (Lipinski definition) is 4. The first kappa shape index (κ1) is 17.2. The monoisotopic (exact) mass is 297 g/mol. The molecule has 0 aliphatic heterocycles. The first-order valence-corrected chi connectivity index (χ1v) is 6.73. The Hall–Kier alpha value is -1.86. The molecule has 21 heavy (non-hydrogen) atoms. The lowest BCUT2D eigenvalue weighted by molar-refractivity contribution is 0.0126. The van der Waals surface area contributed by atoms with Gasteiger partial charge in [0.25, 0.3) is 0 Å². The average Bonchev–Trinajstić information content (AvgIpc) is 2.36. The molecular formula is C14H23N3O4. The van der Waals surface area contributed by atoms with Gasteiger partial charge in [0, 0.05) is 18.3 Å². The quantitative estimate of drug-likeness (QED) is 0.643.